The summed E-state index contributed by atoms with van der Waals surface area (Å²) in [6.07, 6.45) is 8.78. The number of nitrogens with one attached hydrogen (secondary N) is 1. The van der Waals surface area contributed by atoms with E-state index in [4.69, 9.17) is 4.74 Å². The van der Waals surface area contributed by atoms with Crippen LogP contribution in [0.5, 0.6) is 0 Å². The number of hydrogen-bond acceptors (Lipinski definition) is 5. The summed E-state index contributed by atoms with van der Waals surface area (Å²) in [4.78, 5) is 26.6. The van der Waals surface area contributed by atoms with Crippen molar-refractivity contribution in [1.29, 1.82) is 0 Å². The number of aliphatic hydroxyl groups excluding tert-OH is 1. The molecule has 4 rings (SSSR count). The number of aliphatic hydroxyl groups is 1. The predicted molar refractivity (Wildman–Crippen MR) is 91.3 cm³/mol. The topological polar surface area (TPSA) is 78.9 Å². The van der Waals surface area contributed by atoms with E-state index in [9.17, 15) is 14.7 Å². The highest BCUT2D eigenvalue weighted by Gasteiger charge is 2.47. The van der Waals surface area contributed by atoms with Gasteiger partial charge < -0.3 is 20.1 Å². The lowest BCUT2D eigenvalue weighted by molar-refractivity contribution is -0.147. The molecule has 4 unspecified atom stereocenters. The van der Waals surface area contributed by atoms with Crippen molar-refractivity contribution in [3.05, 3.63) is 23.3 Å². The maximum Gasteiger partial charge on any atom is 0.307 e. The summed E-state index contributed by atoms with van der Waals surface area (Å²) in [7, 11) is 1.37. The van der Waals surface area contributed by atoms with Crippen LogP contribution >= 0.6 is 0 Å². The molecule has 0 aromatic heterocycles. The van der Waals surface area contributed by atoms with Gasteiger partial charge in [-0.25, -0.2) is 0 Å². The average Bonchev–Trinajstić information content (AvgIpc) is 3.09. The number of piperidine rings is 1. The number of rotatable bonds is 4. The molecule has 0 aromatic carbocycles. The molecule has 136 valence electrons. The second-order valence-corrected chi connectivity index (χ2v) is 7.68. The second kappa shape index (κ2) is 6.57. The molecule has 0 radical (unpaired) electrons. The lowest BCUT2D eigenvalue weighted by Crippen LogP contribution is -2.52. The normalized spacial score (nSPS) is 35.1. The van der Waals surface area contributed by atoms with Crippen molar-refractivity contribution in [3.63, 3.8) is 0 Å². The average molecular weight is 346 g/mol. The molecule has 2 saturated heterocycles. The van der Waals surface area contributed by atoms with Gasteiger partial charge >= 0.3 is 5.97 Å². The number of carbonyl (C=O) groups excluding carboxylic acids is 2. The quantitative estimate of drug-likeness (QED) is 0.749. The summed E-state index contributed by atoms with van der Waals surface area (Å²) in [5, 5.41) is 14.4. The summed E-state index contributed by atoms with van der Waals surface area (Å²) in [5.74, 6) is -0.253. The Labute approximate surface area is 147 Å². The van der Waals surface area contributed by atoms with E-state index in [0.29, 0.717) is 24.1 Å². The maximum atomic E-state index is 13.0. The largest absolute Gasteiger partial charge is 0.469 e. The Morgan fingerprint density at radius 2 is 2.12 bits per heavy atom. The molecule has 25 heavy (non-hydrogen) atoms. The van der Waals surface area contributed by atoms with E-state index in [-0.39, 0.29) is 30.3 Å². The van der Waals surface area contributed by atoms with E-state index in [1.807, 2.05) is 12.2 Å². The molecule has 1 aliphatic carbocycles. The van der Waals surface area contributed by atoms with Gasteiger partial charge in [-0.1, -0.05) is 12.2 Å². The molecule has 4 atom stereocenters. The molecule has 3 aliphatic heterocycles. The first-order valence-corrected chi connectivity index (χ1v) is 9.31. The number of hydrogen-bond donors (Lipinski definition) is 2. The smallest absolute Gasteiger partial charge is 0.307 e. The van der Waals surface area contributed by atoms with E-state index in [2.05, 4.69) is 5.32 Å². The third-order valence-corrected chi connectivity index (χ3v) is 6.27. The molecule has 6 nitrogen and oxygen atoms in total. The Hall–Kier alpha value is -1.66. The molecule has 3 heterocycles. The van der Waals surface area contributed by atoms with Gasteiger partial charge in [0.2, 0.25) is 0 Å². The van der Waals surface area contributed by atoms with E-state index in [1.54, 1.807) is 4.90 Å². The molecule has 2 N–H and O–H groups in total. The van der Waals surface area contributed by atoms with Crippen molar-refractivity contribution in [2.75, 3.05) is 7.11 Å². The molecule has 4 aliphatic rings. The fraction of sp³-hybridized carbons (Fsp3) is 0.684. The van der Waals surface area contributed by atoms with Crippen LogP contribution in [0.15, 0.2) is 23.3 Å². The van der Waals surface area contributed by atoms with Gasteiger partial charge in [0, 0.05) is 23.7 Å². The number of fused-ring (bicyclic) bond motifs is 2. The van der Waals surface area contributed by atoms with Gasteiger partial charge in [-0.15, -0.1) is 0 Å². The zero-order valence-corrected chi connectivity index (χ0v) is 14.6. The Morgan fingerprint density at radius 1 is 1.40 bits per heavy atom. The molecule has 6 heteroatoms. The van der Waals surface area contributed by atoms with E-state index in [1.165, 1.54) is 7.11 Å². The molecular weight excluding hydrogens is 320 g/mol. The van der Waals surface area contributed by atoms with Gasteiger partial charge in [-0.05, 0) is 50.0 Å². The molecule has 0 aromatic rings. The highest BCUT2D eigenvalue weighted by Crippen LogP contribution is 2.40. The lowest BCUT2D eigenvalue weighted by Gasteiger charge is -2.40. The third-order valence-electron chi connectivity index (χ3n) is 6.27. The zero-order valence-electron chi connectivity index (χ0n) is 14.6. The second-order valence-electron chi connectivity index (χ2n) is 7.68. The van der Waals surface area contributed by atoms with Gasteiger partial charge in [0.1, 0.15) is 0 Å². The Bertz CT molecular complexity index is 629. The predicted octanol–water partition coefficient (Wildman–Crippen LogP) is 1.26. The third kappa shape index (κ3) is 2.91. The van der Waals surface area contributed by atoms with Crippen LogP contribution < -0.4 is 5.32 Å². The van der Waals surface area contributed by atoms with Crippen molar-refractivity contribution < 1.29 is 19.4 Å². The molecule has 0 spiro atoms. The molecular formula is C19H26N2O4. The van der Waals surface area contributed by atoms with Crippen LogP contribution in [0.1, 0.15) is 44.9 Å². The van der Waals surface area contributed by atoms with Crippen LogP contribution in [-0.4, -0.2) is 53.3 Å². The zero-order chi connectivity index (χ0) is 17.6. The molecule has 1 amide bonds. The first kappa shape index (κ1) is 16.8. The number of methoxy groups -OCH3 is 1. The number of nitrogens with zero attached hydrogens (tertiary/aromatic N) is 1. The van der Waals surface area contributed by atoms with Crippen molar-refractivity contribution >= 4 is 11.9 Å². The first-order valence-electron chi connectivity index (χ1n) is 9.31. The van der Waals surface area contributed by atoms with E-state index in [0.717, 1.165) is 37.7 Å². The monoisotopic (exact) mass is 346 g/mol. The van der Waals surface area contributed by atoms with Crippen LogP contribution in [-0.2, 0) is 14.3 Å². The van der Waals surface area contributed by atoms with E-state index >= 15 is 0 Å². The van der Waals surface area contributed by atoms with Crippen molar-refractivity contribution in [2.24, 2.45) is 5.92 Å². The fourth-order valence-corrected chi connectivity index (χ4v) is 5.07. The van der Waals surface area contributed by atoms with Crippen LogP contribution in [0.4, 0.5) is 0 Å². The SMILES string of the molecule is COC(=O)CC(C1CC2CCC(C1)N2)N1C(=O)C2=C(CCC=C2)C1O. The Kier molecular flexibility index (Phi) is 4.41. The summed E-state index contributed by atoms with van der Waals surface area (Å²) < 4.78 is 4.89. The minimum Gasteiger partial charge on any atom is -0.469 e. The summed E-state index contributed by atoms with van der Waals surface area (Å²) >= 11 is 0. The van der Waals surface area contributed by atoms with Gasteiger partial charge in [0.15, 0.2) is 6.23 Å². The van der Waals surface area contributed by atoms with E-state index < -0.39 is 6.23 Å². The van der Waals surface area contributed by atoms with Crippen LogP contribution in [0.3, 0.4) is 0 Å². The number of carbonyl (C=O) groups is 2. The summed E-state index contributed by atoms with van der Waals surface area (Å²) in [5.41, 5.74) is 1.42. The minimum atomic E-state index is -0.908. The maximum absolute atomic E-state index is 13.0. The van der Waals surface area contributed by atoms with Crippen molar-refractivity contribution in [1.82, 2.24) is 10.2 Å². The molecule has 2 fully saturated rings. The summed E-state index contributed by atoms with van der Waals surface area (Å²) in [6.45, 7) is 0. The molecule has 2 bridgehead atoms. The van der Waals surface area contributed by atoms with Crippen LogP contribution in [0.2, 0.25) is 0 Å². The summed E-state index contributed by atoms with van der Waals surface area (Å²) in [6, 6.07) is 0.613. The standard InChI is InChI=1S/C19H26N2O4/c1-25-17(22)10-16(11-8-12-6-7-13(9-11)20-12)21-18(23)14-4-2-3-5-15(14)19(21)24/h2,4,11-13,16,19-20,24H,3,5-10H2,1H3. The van der Waals surface area contributed by atoms with Gasteiger partial charge in [-0.3, -0.25) is 9.59 Å². The van der Waals surface area contributed by atoms with Gasteiger partial charge in [0.25, 0.3) is 5.91 Å². The lowest BCUT2D eigenvalue weighted by atomic mass is 9.83. The Morgan fingerprint density at radius 3 is 2.76 bits per heavy atom. The fourth-order valence-electron chi connectivity index (χ4n) is 5.07. The number of esters is 1. The highest BCUT2D eigenvalue weighted by atomic mass is 16.5. The number of allylic oxidation sites excluding steroid dienone is 1. The van der Waals surface area contributed by atoms with Crippen molar-refractivity contribution in [2.45, 2.75) is 69.3 Å². The van der Waals surface area contributed by atoms with Crippen molar-refractivity contribution in [3.8, 4) is 0 Å². The van der Waals surface area contributed by atoms with Gasteiger partial charge in [0.05, 0.1) is 13.5 Å². The first-order chi connectivity index (χ1) is 12.1. The number of ether oxygens (including phenoxy) is 1. The van der Waals surface area contributed by atoms with Gasteiger partial charge in [-0.2, -0.15) is 0 Å². The van der Waals surface area contributed by atoms with Crippen LogP contribution in [0, 0.1) is 5.92 Å². The highest BCUT2D eigenvalue weighted by molar-refractivity contribution is 6.00. The van der Waals surface area contributed by atoms with Crippen LogP contribution in [0.25, 0.3) is 0 Å². The Balaban J connectivity index is 1.61. The minimum absolute atomic E-state index is 0.141. The number of amides is 1. The molecule has 0 saturated carbocycles.